The van der Waals surface area contributed by atoms with Gasteiger partial charge in [-0.25, -0.2) is 4.68 Å². The topological polar surface area (TPSA) is 29.9 Å². The minimum Gasteiger partial charge on any atom is -0.497 e. The number of aryl methyl sites for hydroxylation is 1. The quantitative estimate of drug-likeness (QED) is 0.827. The second-order valence-electron chi connectivity index (χ2n) is 3.51. The average molecular weight is 234 g/mol. The predicted molar refractivity (Wildman–Crippen MR) is 66.9 cm³/mol. The molecule has 0 aliphatic heterocycles. The van der Waals surface area contributed by atoms with Gasteiger partial charge in [0.05, 0.1) is 12.8 Å². The molecule has 1 heterocycles. The van der Waals surface area contributed by atoms with Crippen LogP contribution in [0.1, 0.15) is 12.6 Å². The molecule has 1 aromatic heterocycles. The summed E-state index contributed by atoms with van der Waals surface area (Å²) in [5.41, 5.74) is 2.16. The van der Waals surface area contributed by atoms with E-state index in [1.54, 1.807) is 7.11 Å². The molecule has 0 saturated carbocycles. The van der Waals surface area contributed by atoms with Crippen molar-refractivity contribution in [1.82, 2.24) is 9.78 Å². The number of ether oxygens (including phenoxy) is 1. The molecule has 4 heteroatoms. The van der Waals surface area contributed by atoms with Crippen molar-refractivity contribution in [3.05, 3.63) is 40.7 Å². The SMILES string of the molecule is CCc1cc(=S)n(-c2ccc(OC)cc2)[nH]1. The van der Waals surface area contributed by atoms with Gasteiger partial charge in [0.1, 0.15) is 10.4 Å². The van der Waals surface area contributed by atoms with E-state index < -0.39 is 0 Å². The van der Waals surface area contributed by atoms with Crippen molar-refractivity contribution >= 4 is 12.2 Å². The van der Waals surface area contributed by atoms with Crippen molar-refractivity contribution in [2.24, 2.45) is 0 Å². The fourth-order valence-corrected chi connectivity index (χ4v) is 1.84. The summed E-state index contributed by atoms with van der Waals surface area (Å²) in [7, 11) is 1.66. The standard InChI is InChI=1S/C12H14N2OS/c1-3-9-8-12(16)14(13-9)10-4-6-11(15-2)7-5-10/h4-8,13H,3H2,1-2H3. The van der Waals surface area contributed by atoms with Gasteiger partial charge in [0.15, 0.2) is 0 Å². The molecular weight excluding hydrogens is 220 g/mol. The van der Waals surface area contributed by atoms with Crippen molar-refractivity contribution in [3.8, 4) is 11.4 Å². The first-order chi connectivity index (χ1) is 7.74. The molecule has 1 N–H and O–H groups in total. The Balaban J connectivity index is 2.42. The van der Waals surface area contributed by atoms with Crippen LogP contribution in [0.2, 0.25) is 0 Å². The van der Waals surface area contributed by atoms with Crippen LogP contribution in [-0.4, -0.2) is 16.9 Å². The Morgan fingerprint density at radius 2 is 2.00 bits per heavy atom. The summed E-state index contributed by atoms with van der Waals surface area (Å²) in [4.78, 5) is 0. The maximum atomic E-state index is 5.28. The van der Waals surface area contributed by atoms with Gasteiger partial charge < -0.3 is 4.74 Å². The molecule has 0 bridgehead atoms. The lowest BCUT2D eigenvalue weighted by atomic mass is 10.3. The second-order valence-corrected chi connectivity index (χ2v) is 3.92. The number of H-pyrrole nitrogens is 1. The van der Waals surface area contributed by atoms with Gasteiger partial charge in [0, 0.05) is 5.69 Å². The Labute approximate surface area is 99.7 Å². The number of aromatic amines is 1. The van der Waals surface area contributed by atoms with E-state index in [-0.39, 0.29) is 0 Å². The summed E-state index contributed by atoms with van der Waals surface area (Å²) in [5, 5.41) is 3.26. The van der Waals surface area contributed by atoms with E-state index in [4.69, 9.17) is 17.0 Å². The highest BCUT2D eigenvalue weighted by Crippen LogP contribution is 2.15. The Bertz CT molecular complexity index is 525. The summed E-state index contributed by atoms with van der Waals surface area (Å²) in [5.74, 6) is 0.845. The van der Waals surface area contributed by atoms with E-state index in [1.807, 2.05) is 35.0 Å². The average Bonchev–Trinajstić information content (AvgIpc) is 2.71. The van der Waals surface area contributed by atoms with Crippen molar-refractivity contribution in [2.75, 3.05) is 7.11 Å². The molecule has 0 aliphatic carbocycles. The van der Waals surface area contributed by atoms with Crippen LogP contribution in [-0.2, 0) is 6.42 Å². The normalized spacial score (nSPS) is 10.4. The van der Waals surface area contributed by atoms with E-state index in [0.717, 1.165) is 28.2 Å². The van der Waals surface area contributed by atoms with Gasteiger partial charge in [-0.1, -0.05) is 19.1 Å². The Kier molecular flexibility index (Phi) is 3.10. The molecule has 16 heavy (non-hydrogen) atoms. The van der Waals surface area contributed by atoms with Crippen LogP contribution in [0.3, 0.4) is 0 Å². The highest BCUT2D eigenvalue weighted by Gasteiger charge is 2.01. The molecule has 0 unspecified atom stereocenters. The first-order valence-corrected chi connectivity index (χ1v) is 5.60. The number of methoxy groups -OCH3 is 1. The fraction of sp³-hybridized carbons (Fsp3) is 0.250. The lowest BCUT2D eigenvalue weighted by molar-refractivity contribution is 0.414. The molecule has 2 aromatic rings. The third-order valence-corrected chi connectivity index (χ3v) is 2.79. The van der Waals surface area contributed by atoms with Crippen molar-refractivity contribution in [3.63, 3.8) is 0 Å². The van der Waals surface area contributed by atoms with E-state index >= 15 is 0 Å². The van der Waals surface area contributed by atoms with Gasteiger partial charge in [-0.3, -0.25) is 5.10 Å². The summed E-state index contributed by atoms with van der Waals surface area (Å²) >= 11 is 5.28. The molecular formula is C12H14N2OS. The summed E-state index contributed by atoms with van der Waals surface area (Å²) in [6, 6.07) is 9.78. The van der Waals surface area contributed by atoms with Gasteiger partial charge in [-0.15, -0.1) is 0 Å². The van der Waals surface area contributed by atoms with Crippen molar-refractivity contribution in [2.45, 2.75) is 13.3 Å². The molecule has 2 rings (SSSR count). The maximum Gasteiger partial charge on any atom is 0.127 e. The summed E-state index contributed by atoms with van der Waals surface area (Å²) in [6.07, 6.45) is 0.951. The van der Waals surface area contributed by atoms with Gasteiger partial charge in [0.2, 0.25) is 0 Å². The van der Waals surface area contributed by atoms with Crippen LogP contribution >= 0.6 is 12.2 Å². The van der Waals surface area contributed by atoms with Crippen LogP contribution < -0.4 is 4.74 Å². The Morgan fingerprint density at radius 3 is 2.50 bits per heavy atom. The summed E-state index contributed by atoms with van der Waals surface area (Å²) < 4.78 is 7.81. The zero-order valence-corrected chi connectivity index (χ0v) is 10.2. The van der Waals surface area contributed by atoms with E-state index in [1.165, 1.54) is 0 Å². The minimum absolute atomic E-state index is 0.794. The number of nitrogens with one attached hydrogen (secondary N) is 1. The molecule has 3 nitrogen and oxygen atoms in total. The lowest BCUT2D eigenvalue weighted by Crippen LogP contribution is -1.97. The van der Waals surface area contributed by atoms with Gasteiger partial charge in [-0.05, 0) is 36.8 Å². The van der Waals surface area contributed by atoms with Crippen molar-refractivity contribution in [1.29, 1.82) is 0 Å². The molecule has 0 spiro atoms. The third-order valence-electron chi connectivity index (χ3n) is 2.49. The van der Waals surface area contributed by atoms with Crippen molar-refractivity contribution < 1.29 is 4.74 Å². The van der Waals surface area contributed by atoms with Crippen LogP contribution in [0.4, 0.5) is 0 Å². The van der Waals surface area contributed by atoms with Gasteiger partial charge in [0.25, 0.3) is 0 Å². The molecule has 0 amide bonds. The summed E-state index contributed by atoms with van der Waals surface area (Å²) in [6.45, 7) is 2.10. The van der Waals surface area contributed by atoms with Crippen LogP contribution in [0.5, 0.6) is 5.75 Å². The minimum atomic E-state index is 0.794. The van der Waals surface area contributed by atoms with E-state index in [0.29, 0.717) is 0 Å². The third kappa shape index (κ3) is 2.02. The van der Waals surface area contributed by atoms with Gasteiger partial charge >= 0.3 is 0 Å². The lowest BCUT2D eigenvalue weighted by Gasteiger charge is -2.04. The highest BCUT2D eigenvalue weighted by molar-refractivity contribution is 7.71. The first kappa shape index (κ1) is 11.0. The molecule has 1 aromatic carbocycles. The number of rotatable bonds is 3. The second kappa shape index (κ2) is 4.53. The maximum absolute atomic E-state index is 5.28. The van der Waals surface area contributed by atoms with E-state index in [2.05, 4.69) is 12.0 Å². The Hall–Kier alpha value is -1.55. The number of hydrogen-bond acceptors (Lipinski definition) is 2. The monoisotopic (exact) mass is 234 g/mol. The molecule has 0 radical (unpaired) electrons. The van der Waals surface area contributed by atoms with Crippen LogP contribution in [0, 0.1) is 4.64 Å². The molecule has 84 valence electrons. The zero-order valence-electron chi connectivity index (χ0n) is 9.36. The smallest absolute Gasteiger partial charge is 0.127 e. The van der Waals surface area contributed by atoms with Crippen LogP contribution in [0.25, 0.3) is 5.69 Å². The van der Waals surface area contributed by atoms with E-state index in [9.17, 15) is 0 Å². The molecule has 0 fully saturated rings. The van der Waals surface area contributed by atoms with Crippen LogP contribution in [0.15, 0.2) is 30.3 Å². The molecule has 0 aliphatic rings. The fourth-order valence-electron chi connectivity index (χ4n) is 1.55. The largest absolute Gasteiger partial charge is 0.497 e. The number of benzene rings is 1. The number of nitrogens with zero attached hydrogens (tertiary/aromatic N) is 1. The zero-order chi connectivity index (χ0) is 11.5. The molecule has 0 saturated heterocycles. The highest BCUT2D eigenvalue weighted by atomic mass is 32.1. The number of hydrogen-bond donors (Lipinski definition) is 1. The number of aromatic nitrogens is 2. The Morgan fingerprint density at radius 1 is 1.31 bits per heavy atom. The van der Waals surface area contributed by atoms with Gasteiger partial charge in [-0.2, -0.15) is 0 Å². The predicted octanol–water partition coefficient (Wildman–Crippen LogP) is 3.11. The first-order valence-electron chi connectivity index (χ1n) is 5.20. The molecule has 0 atom stereocenters.